The van der Waals surface area contributed by atoms with E-state index in [9.17, 15) is 4.79 Å². The van der Waals surface area contributed by atoms with Gasteiger partial charge in [-0.05, 0) is 33.1 Å². The molecule has 0 aromatic rings. The van der Waals surface area contributed by atoms with Crippen LogP contribution in [0.4, 0.5) is 0 Å². The third-order valence-corrected chi connectivity index (χ3v) is 4.60. The summed E-state index contributed by atoms with van der Waals surface area (Å²) in [6.07, 6.45) is 10.2. The van der Waals surface area contributed by atoms with Crippen LogP contribution in [0.3, 0.4) is 0 Å². The van der Waals surface area contributed by atoms with Gasteiger partial charge in [-0.1, -0.05) is 65.9 Å². The number of carbonyl (C=O) groups is 1. The van der Waals surface area contributed by atoms with Crippen molar-refractivity contribution in [1.82, 2.24) is 0 Å². The van der Waals surface area contributed by atoms with Crippen molar-refractivity contribution in [2.24, 2.45) is 5.92 Å². The molecule has 0 radical (unpaired) electrons. The van der Waals surface area contributed by atoms with E-state index in [1.165, 1.54) is 32.1 Å². The Bertz CT molecular complexity index is 370. The molecule has 26 heavy (non-hydrogen) atoms. The number of esters is 1. The summed E-state index contributed by atoms with van der Waals surface area (Å²) < 4.78 is 17.7. The zero-order valence-electron chi connectivity index (χ0n) is 17.9. The summed E-state index contributed by atoms with van der Waals surface area (Å²) in [6, 6.07) is 0. The molecule has 1 unspecified atom stereocenters. The van der Waals surface area contributed by atoms with Crippen LogP contribution in [0.25, 0.3) is 0 Å². The van der Waals surface area contributed by atoms with E-state index in [2.05, 4.69) is 27.4 Å². The van der Waals surface area contributed by atoms with Gasteiger partial charge in [-0.3, -0.25) is 0 Å². The zero-order valence-corrected chi connectivity index (χ0v) is 17.9. The SMILES string of the molecule is C=C(C)C(=O)OCC(CCCCCCCC)C(C)(OCCC)OCCC. The van der Waals surface area contributed by atoms with Gasteiger partial charge in [0.05, 0.1) is 6.61 Å². The molecule has 4 heteroatoms. The molecule has 0 saturated carbocycles. The molecule has 0 aliphatic heterocycles. The second-order valence-electron chi connectivity index (χ2n) is 7.35. The molecule has 0 saturated heterocycles. The Hall–Kier alpha value is -0.870. The number of hydrogen-bond acceptors (Lipinski definition) is 4. The van der Waals surface area contributed by atoms with E-state index in [4.69, 9.17) is 14.2 Å². The summed E-state index contributed by atoms with van der Waals surface area (Å²) in [5, 5.41) is 0. The van der Waals surface area contributed by atoms with E-state index in [1.54, 1.807) is 6.92 Å². The first-order chi connectivity index (χ1) is 12.4. The second kappa shape index (κ2) is 15.2. The van der Waals surface area contributed by atoms with Crippen LogP contribution < -0.4 is 0 Å². The normalized spacial score (nSPS) is 12.8. The number of carbonyl (C=O) groups excluding carboxylic acids is 1. The number of unbranched alkanes of at least 4 members (excludes halogenated alkanes) is 5. The summed E-state index contributed by atoms with van der Waals surface area (Å²) in [6.45, 7) is 15.3. The Morgan fingerprint density at radius 2 is 1.46 bits per heavy atom. The van der Waals surface area contributed by atoms with Gasteiger partial charge >= 0.3 is 5.97 Å². The van der Waals surface area contributed by atoms with Crippen LogP contribution in [0.15, 0.2) is 12.2 Å². The van der Waals surface area contributed by atoms with Gasteiger partial charge in [0, 0.05) is 24.7 Å². The maximum absolute atomic E-state index is 11.8. The van der Waals surface area contributed by atoms with Crippen molar-refractivity contribution in [2.45, 2.75) is 98.2 Å². The van der Waals surface area contributed by atoms with E-state index < -0.39 is 5.79 Å². The van der Waals surface area contributed by atoms with Crippen LogP contribution >= 0.6 is 0 Å². The molecule has 0 spiro atoms. The molecule has 4 nitrogen and oxygen atoms in total. The minimum absolute atomic E-state index is 0.0232. The highest BCUT2D eigenvalue weighted by molar-refractivity contribution is 5.86. The van der Waals surface area contributed by atoms with Crippen molar-refractivity contribution in [2.75, 3.05) is 19.8 Å². The van der Waals surface area contributed by atoms with E-state index in [0.717, 1.165) is 25.7 Å². The summed E-state index contributed by atoms with van der Waals surface area (Å²) in [5.41, 5.74) is 0.425. The first-order valence-corrected chi connectivity index (χ1v) is 10.5. The lowest BCUT2D eigenvalue weighted by Crippen LogP contribution is -2.44. The number of rotatable bonds is 17. The molecule has 0 heterocycles. The van der Waals surface area contributed by atoms with E-state index >= 15 is 0 Å². The first-order valence-electron chi connectivity index (χ1n) is 10.5. The topological polar surface area (TPSA) is 44.8 Å². The van der Waals surface area contributed by atoms with Crippen molar-refractivity contribution >= 4 is 5.97 Å². The quantitative estimate of drug-likeness (QED) is 0.135. The number of hydrogen-bond donors (Lipinski definition) is 0. The Morgan fingerprint density at radius 3 is 1.96 bits per heavy atom. The van der Waals surface area contributed by atoms with Crippen molar-refractivity contribution in [3.8, 4) is 0 Å². The van der Waals surface area contributed by atoms with Gasteiger partial charge in [0.15, 0.2) is 5.79 Å². The highest BCUT2D eigenvalue weighted by Gasteiger charge is 2.36. The van der Waals surface area contributed by atoms with Crippen LogP contribution in [-0.4, -0.2) is 31.6 Å². The van der Waals surface area contributed by atoms with Crippen LogP contribution in [-0.2, 0) is 19.0 Å². The molecular weight excluding hydrogens is 328 g/mol. The largest absolute Gasteiger partial charge is 0.462 e. The standard InChI is InChI=1S/C22H42O4/c1-7-10-11-12-13-14-15-20(18-24-21(23)19(4)5)22(6,25-16-8-2)26-17-9-3/h20H,4,7-18H2,1-3,5-6H3. The van der Waals surface area contributed by atoms with Gasteiger partial charge < -0.3 is 14.2 Å². The summed E-state index contributed by atoms with van der Waals surface area (Å²) >= 11 is 0. The van der Waals surface area contributed by atoms with E-state index in [-0.39, 0.29) is 11.9 Å². The monoisotopic (exact) mass is 370 g/mol. The highest BCUT2D eigenvalue weighted by atomic mass is 16.7. The third-order valence-electron chi connectivity index (χ3n) is 4.60. The maximum Gasteiger partial charge on any atom is 0.333 e. The van der Waals surface area contributed by atoms with Gasteiger partial charge in [0.25, 0.3) is 0 Å². The van der Waals surface area contributed by atoms with E-state index in [0.29, 0.717) is 25.4 Å². The van der Waals surface area contributed by atoms with Crippen LogP contribution in [0.1, 0.15) is 92.4 Å². The summed E-state index contributed by atoms with van der Waals surface area (Å²) in [7, 11) is 0. The van der Waals surface area contributed by atoms with Crippen molar-refractivity contribution in [1.29, 1.82) is 0 Å². The van der Waals surface area contributed by atoms with Gasteiger partial charge in [-0.2, -0.15) is 0 Å². The average molecular weight is 371 g/mol. The van der Waals surface area contributed by atoms with Gasteiger partial charge in [0.2, 0.25) is 0 Å². The molecule has 154 valence electrons. The molecule has 0 aromatic heterocycles. The van der Waals surface area contributed by atoms with Crippen LogP contribution in [0, 0.1) is 5.92 Å². The molecule has 0 aliphatic carbocycles. The Kier molecular flexibility index (Phi) is 14.7. The molecule has 1 atom stereocenters. The Balaban J connectivity index is 4.85. The Labute approximate surface area is 161 Å². The fourth-order valence-electron chi connectivity index (χ4n) is 2.85. The molecule has 0 aromatic carbocycles. The molecule has 0 fully saturated rings. The third kappa shape index (κ3) is 11.0. The minimum Gasteiger partial charge on any atom is -0.462 e. The lowest BCUT2D eigenvalue weighted by molar-refractivity contribution is -0.263. The van der Waals surface area contributed by atoms with Gasteiger partial charge in [0.1, 0.15) is 0 Å². The summed E-state index contributed by atoms with van der Waals surface area (Å²) in [4.78, 5) is 11.8. The maximum atomic E-state index is 11.8. The zero-order chi connectivity index (χ0) is 19.8. The molecular formula is C22H42O4. The number of ether oxygens (including phenoxy) is 3. The fourth-order valence-corrected chi connectivity index (χ4v) is 2.85. The van der Waals surface area contributed by atoms with Crippen molar-refractivity contribution in [3.63, 3.8) is 0 Å². The van der Waals surface area contributed by atoms with Crippen molar-refractivity contribution in [3.05, 3.63) is 12.2 Å². The minimum atomic E-state index is -0.717. The first kappa shape index (κ1) is 25.1. The molecule has 0 rings (SSSR count). The smallest absolute Gasteiger partial charge is 0.333 e. The molecule has 0 N–H and O–H groups in total. The predicted octanol–water partition coefficient (Wildman–Crippen LogP) is 6.04. The Morgan fingerprint density at radius 1 is 0.923 bits per heavy atom. The van der Waals surface area contributed by atoms with E-state index in [1.807, 2.05) is 6.92 Å². The average Bonchev–Trinajstić information content (AvgIpc) is 2.63. The molecule has 0 bridgehead atoms. The van der Waals surface area contributed by atoms with Gasteiger partial charge in [-0.25, -0.2) is 4.79 Å². The van der Waals surface area contributed by atoms with Crippen LogP contribution in [0.5, 0.6) is 0 Å². The lowest BCUT2D eigenvalue weighted by atomic mass is 9.93. The van der Waals surface area contributed by atoms with Crippen molar-refractivity contribution < 1.29 is 19.0 Å². The predicted molar refractivity (Wildman–Crippen MR) is 108 cm³/mol. The highest BCUT2D eigenvalue weighted by Crippen LogP contribution is 2.30. The fraction of sp³-hybridized carbons (Fsp3) is 0.864. The molecule has 0 amide bonds. The van der Waals surface area contributed by atoms with Gasteiger partial charge in [-0.15, -0.1) is 0 Å². The summed E-state index contributed by atoms with van der Waals surface area (Å²) in [5.74, 6) is -1.04. The lowest BCUT2D eigenvalue weighted by Gasteiger charge is -2.37. The van der Waals surface area contributed by atoms with Crippen LogP contribution in [0.2, 0.25) is 0 Å². The molecule has 0 aliphatic rings. The second-order valence-corrected chi connectivity index (χ2v) is 7.35.